The number of allylic oxidation sites excluding steroid dienone is 2. The zero-order chi connectivity index (χ0) is 18.2. The van der Waals surface area contributed by atoms with E-state index in [0.29, 0.717) is 0 Å². The van der Waals surface area contributed by atoms with Crippen molar-refractivity contribution < 1.29 is 4.39 Å². The van der Waals surface area contributed by atoms with Crippen molar-refractivity contribution in [3.05, 3.63) is 71.3 Å². The predicted octanol–water partition coefficient (Wildman–Crippen LogP) is 7.66. The molecule has 0 saturated heterocycles. The molecule has 1 aliphatic carbocycles. The van der Waals surface area contributed by atoms with Crippen LogP contribution in [0.3, 0.4) is 0 Å². The zero-order valence-electron chi connectivity index (χ0n) is 15.3. The molecule has 0 unspecified atom stereocenters. The lowest BCUT2D eigenvalue weighted by molar-refractivity contribution is 0.265. The minimum atomic E-state index is -0.327. The van der Waals surface area contributed by atoms with Gasteiger partial charge in [0.15, 0.2) is 0 Å². The van der Waals surface area contributed by atoms with E-state index < -0.39 is 0 Å². The van der Waals surface area contributed by atoms with Gasteiger partial charge < -0.3 is 0 Å². The fourth-order valence-corrected chi connectivity index (χ4v) is 4.11. The molecule has 1 fully saturated rings. The number of hydrogen-bond acceptors (Lipinski definition) is 0. The Labute approximate surface area is 162 Å². The van der Waals surface area contributed by atoms with Crippen molar-refractivity contribution >= 4 is 11.6 Å². The van der Waals surface area contributed by atoms with Gasteiger partial charge >= 0.3 is 0 Å². The normalized spacial score (nSPS) is 20.5. The second-order valence-electron chi connectivity index (χ2n) is 7.49. The van der Waals surface area contributed by atoms with E-state index >= 15 is 0 Å². The topological polar surface area (TPSA) is 0 Å². The molecule has 0 aliphatic heterocycles. The second kappa shape index (κ2) is 9.92. The van der Waals surface area contributed by atoms with Gasteiger partial charge in [-0.25, -0.2) is 4.39 Å². The summed E-state index contributed by atoms with van der Waals surface area (Å²) in [5, 5.41) is 0.776. The third kappa shape index (κ3) is 5.71. The van der Waals surface area contributed by atoms with Crippen LogP contribution in [0, 0.1) is 11.8 Å². The molecule has 0 bridgehead atoms. The van der Waals surface area contributed by atoms with E-state index in [1.807, 2.05) is 18.2 Å². The van der Waals surface area contributed by atoms with Crippen molar-refractivity contribution in [2.24, 2.45) is 11.8 Å². The van der Waals surface area contributed by atoms with Gasteiger partial charge in [-0.1, -0.05) is 73.0 Å². The Morgan fingerprint density at radius 1 is 0.808 bits per heavy atom. The molecule has 0 N–H and O–H groups in total. The number of hydrogen-bond donors (Lipinski definition) is 0. The summed E-state index contributed by atoms with van der Waals surface area (Å²) in [6.45, 7) is -0.327. The number of rotatable bonds is 7. The van der Waals surface area contributed by atoms with E-state index in [0.717, 1.165) is 29.7 Å². The molecule has 138 valence electrons. The summed E-state index contributed by atoms with van der Waals surface area (Å²) in [5.74, 6) is 1.63. The fourth-order valence-electron chi connectivity index (χ4n) is 3.98. The quantitative estimate of drug-likeness (QED) is 0.439. The molecule has 1 aliphatic rings. The van der Waals surface area contributed by atoms with Gasteiger partial charge in [-0.05, 0) is 72.8 Å². The number of halogens is 2. The van der Waals surface area contributed by atoms with Gasteiger partial charge in [-0.2, -0.15) is 0 Å². The van der Waals surface area contributed by atoms with Crippen LogP contribution in [0.2, 0.25) is 5.02 Å². The molecule has 0 amide bonds. The first-order valence-corrected chi connectivity index (χ1v) is 10.2. The highest BCUT2D eigenvalue weighted by Crippen LogP contribution is 2.33. The summed E-state index contributed by atoms with van der Waals surface area (Å²) in [6.07, 6.45) is 12.4. The molecular formula is C24H28ClF. The van der Waals surface area contributed by atoms with Crippen LogP contribution in [-0.4, -0.2) is 6.67 Å². The number of benzene rings is 2. The van der Waals surface area contributed by atoms with Gasteiger partial charge in [0.2, 0.25) is 0 Å². The lowest BCUT2D eigenvalue weighted by atomic mass is 9.78. The van der Waals surface area contributed by atoms with Crippen molar-refractivity contribution in [1.29, 1.82) is 0 Å². The number of alkyl halides is 1. The van der Waals surface area contributed by atoms with Crippen molar-refractivity contribution in [1.82, 2.24) is 0 Å². The molecule has 26 heavy (non-hydrogen) atoms. The molecule has 0 heterocycles. The SMILES string of the molecule is FC/C=C/CC1CCC(CCc2ccc(-c3ccc(Cl)cc3)cc2)CC1. The maximum absolute atomic E-state index is 12.1. The van der Waals surface area contributed by atoms with Crippen LogP contribution >= 0.6 is 11.6 Å². The second-order valence-corrected chi connectivity index (χ2v) is 7.93. The van der Waals surface area contributed by atoms with Crippen LogP contribution in [0.5, 0.6) is 0 Å². The van der Waals surface area contributed by atoms with Crippen molar-refractivity contribution in [3.63, 3.8) is 0 Å². The first-order chi connectivity index (χ1) is 12.7. The summed E-state index contributed by atoms with van der Waals surface area (Å²) in [5.41, 5.74) is 3.88. The summed E-state index contributed by atoms with van der Waals surface area (Å²) >= 11 is 5.96. The minimum Gasteiger partial charge on any atom is -0.247 e. The fraction of sp³-hybridized carbons (Fsp3) is 0.417. The van der Waals surface area contributed by atoms with Gasteiger partial charge in [0.25, 0.3) is 0 Å². The van der Waals surface area contributed by atoms with E-state index in [1.54, 1.807) is 6.08 Å². The smallest absolute Gasteiger partial charge is 0.108 e. The van der Waals surface area contributed by atoms with E-state index in [1.165, 1.54) is 48.8 Å². The average Bonchev–Trinajstić information content (AvgIpc) is 2.69. The maximum atomic E-state index is 12.1. The molecule has 0 nitrogen and oxygen atoms in total. The molecule has 2 aromatic carbocycles. The molecule has 0 spiro atoms. The van der Waals surface area contributed by atoms with E-state index in [2.05, 4.69) is 36.4 Å². The molecule has 0 radical (unpaired) electrons. The highest BCUT2D eigenvalue weighted by molar-refractivity contribution is 6.30. The first kappa shape index (κ1) is 19.2. The third-order valence-electron chi connectivity index (χ3n) is 5.66. The van der Waals surface area contributed by atoms with E-state index in [-0.39, 0.29) is 6.67 Å². The van der Waals surface area contributed by atoms with Gasteiger partial charge in [-0.3, -0.25) is 0 Å². The molecule has 1 saturated carbocycles. The van der Waals surface area contributed by atoms with Crippen molar-refractivity contribution in [2.45, 2.75) is 44.9 Å². The molecule has 2 heteroatoms. The van der Waals surface area contributed by atoms with Crippen molar-refractivity contribution in [3.8, 4) is 11.1 Å². The lowest BCUT2D eigenvalue weighted by Gasteiger charge is -2.28. The monoisotopic (exact) mass is 370 g/mol. The molecule has 0 aromatic heterocycles. The Bertz CT molecular complexity index is 679. The van der Waals surface area contributed by atoms with Gasteiger partial charge in [0.05, 0.1) is 0 Å². The minimum absolute atomic E-state index is 0.327. The van der Waals surface area contributed by atoms with Crippen LogP contribution in [0.1, 0.15) is 44.1 Å². The van der Waals surface area contributed by atoms with E-state index in [4.69, 9.17) is 11.6 Å². The molecule has 3 rings (SSSR count). The number of aryl methyl sites for hydroxylation is 1. The van der Waals surface area contributed by atoms with E-state index in [9.17, 15) is 4.39 Å². The Balaban J connectivity index is 1.44. The largest absolute Gasteiger partial charge is 0.247 e. The van der Waals surface area contributed by atoms with Gasteiger partial charge in [0.1, 0.15) is 6.67 Å². The standard InChI is InChI=1S/C24H28ClF/c25-24-16-14-23(15-17-24)22-12-10-21(11-13-22)9-8-20-6-4-19(5-7-20)3-1-2-18-26/h1-2,10-17,19-20H,3-9,18H2/b2-1+. The molecular weight excluding hydrogens is 343 g/mol. The summed E-state index contributed by atoms with van der Waals surface area (Å²) < 4.78 is 12.1. The maximum Gasteiger partial charge on any atom is 0.108 e. The van der Waals surface area contributed by atoms with Crippen LogP contribution < -0.4 is 0 Å². The summed E-state index contributed by atoms with van der Waals surface area (Å²) in [7, 11) is 0. The van der Waals surface area contributed by atoms with Crippen LogP contribution in [-0.2, 0) is 6.42 Å². The van der Waals surface area contributed by atoms with Gasteiger partial charge in [-0.15, -0.1) is 0 Å². The Morgan fingerprint density at radius 2 is 1.38 bits per heavy atom. The third-order valence-corrected chi connectivity index (χ3v) is 5.92. The average molecular weight is 371 g/mol. The lowest BCUT2D eigenvalue weighted by Crippen LogP contribution is -2.14. The van der Waals surface area contributed by atoms with Crippen LogP contribution in [0.4, 0.5) is 4.39 Å². The summed E-state index contributed by atoms with van der Waals surface area (Å²) in [4.78, 5) is 0. The van der Waals surface area contributed by atoms with Crippen LogP contribution in [0.15, 0.2) is 60.7 Å². The predicted molar refractivity (Wildman–Crippen MR) is 110 cm³/mol. The molecule has 2 aromatic rings. The Kier molecular flexibility index (Phi) is 7.32. The van der Waals surface area contributed by atoms with Gasteiger partial charge in [0, 0.05) is 5.02 Å². The zero-order valence-corrected chi connectivity index (χ0v) is 16.1. The highest BCUT2D eigenvalue weighted by Gasteiger charge is 2.20. The Hall–Kier alpha value is -1.60. The Morgan fingerprint density at radius 3 is 2.00 bits per heavy atom. The van der Waals surface area contributed by atoms with Crippen LogP contribution in [0.25, 0.3) is 11.1 Å². The van der Waals surface area contributed by atoms with Crippen molar-refractivity contribution in [2.75, 3.05) is 6.67 Å². The first-order valence-electron chi connectivity index (χ1n) is 9.80. The highest BCUT2D eigenvalue weighted by atomic mass is 35.5. The summed E-state index contributed by atoms with van der Waals surface area (Å²) in [6, 6.07) is 17.0. The molecule has 0 atom stereocenters.